The molecule has 3 aromatic rings. The SMILES string of the molecule is COc1ccc(-c2cc(=O)c3ccc(OC)cc3o2)cc1. The predicted molar refractivity (Wildman–Crippen MR) is 81.0 cm³/mol. The molecule has 0 aliphatic carbocycles. The first kappa shape index (κ1) is 13.2. The van der Waals surface area contributed by atoms with Gasteiger partial charge in [-0.15, -0.1) is 0 Å². The fourth-order valence-corrected chi connectivity index (χ4v) is 2.16. The van der Waals surface area contributed by atoms with E-state index in [1.54, 1.807) is 32.4 Å². The third-order valence-corrected chi connectivity index (χ3v) is 3.31. The van der Waals surface area contributed by atoms with E-state index in [4.69, 9.17) is 13.9 Å². The number of rotatable bonds is 3. The molecule has 0 spiro atoms. The highest BCUT2D eigenvalue weighted by atomic mass is 16.5. The summed E-state index contributed by atoms with van der Waals surface area (Å²) in [5.74, 6) is 1.92. The second kappa shape index (κ2) is 5.32. The smallest absolute Gasteiger partial charge is 0.193 e. The molecule has 0 bridgehead atoms. The summed E-state index contributed by atoms with van der Waals surface area (Å²) in [6.07, 6.45) is 0. The molecule has 4 heteroatoms. The topological polar surface area (TPSA) is 48.7 Å². The van der Waals surface area contributed by atoms with E-state index in [1.807, 2.05) is 24.3 Å². The fourth-order valence-electron chi connectivity index (χ4n) is 2.16. The van der Waals surface area contributed by atoms with E-state index in [9.17, 15) is 4.79 Å². The van der Waals surface area contributed by atoms with Crippen LogP contribution in [0.5, 0.6) is 11.5 Å². The Labute approximate surface area is 121 Å². The van der Waals surface area contributed by atoms with Crippen LogP contribution in [0.3, 0.4) is 0 Å². The van der Waals surface area contributed by atoms with Gasteiger partial charge < -0.3 is 13.9 Å². The van der Waals surface area contributed by atoms with E-state index in [2.05, 4.69) is 0 Å². The zero-order valence-corrected chi connectivity index (χ0v) is 11.8. The molecular weight excluding hydrogens is 268 g/mol. The molecule has 1 aromatic heterocycles. The summed E-state index contributed by atoms with van der Waals surface area (Å²) in [4.78, 5) is 12.2. The average molecular weight is 282 g/mol. The van der Waals surface area contributed by atoms with Crippen LogP contribution < -0.4 is 14.9 Å². The Morgan fingerprint density at radius 1 is 0.857 bits per heavy atom. The van der Waals surface area contributed by atoms with Gasteiger partial charge in [0.1, 0.15) is 22.8 Å². The first-order valence-electron chi connectivity index (χ1n) is 6.47. The van der Waals surface area contributed by atoms with Crippen molar-refractivity contribution in [2.45, 2.75) is 0 Å². The van der Waals surface area contributed by atoms with Crippen LogP contribution in [0, 0.1) is 0 Å². The van der Waals surface area contributed by atoms with Gasteiger partial charge in [-0.1, -0.05) is 0 Å². The summed E-state index contributed by atoms with van der Waals surface area (Å²) in [6, 6.07) is 14.0. The molecule has 0 saturated carbocycles. The number of methoxy groups -OCH3 is 2. The second-order valence-electron chi connectivity index (χ2n) is 4.57. The third kappa shape index (κ3) is 2.48. The molecule has 0 aliphatic rings. The van der Waals surface area contributed by atoms with Crippen molar-refractivity contribution in [1.82, 2.24) is 0 Å². The number of fused-ring (bicyclic) bond motifs is 1. The van der Waals surface area contributed by atoms with Crippen LogP contribution in [0.25, 0.3) is 22.3 Å². The maximum atomic E-state index is 12.2. The maximum Gasteiger partial charge on any atom is 0.193 e. The molecule has 0 unspecified atom stereocenters. The van der Waals surface area contributed by atoms with Crippen LogP contribution in [0.15, 0.2) is 57.7 Å². The largest absolute Gasteiger partial charge is 0.497 e. The number of hydrogen-bond donors (Lipinski definition) is 0. The summed E-state index contributed by atoms with van der Waals surface area (Å²) in [6.45, 7) is 0. The molecule has 0 fully saturated rings. The summed E-state index contributed by atoms with van der Waals surface area (Å²) in [7, 11) is 3.18. The Balaban J connectivity index is 2.15. The number of hydrogen-bond acceptors (Lipinski definition) is 4. The van der Waals surface area contributed by atoms with E-state index in [0.717, 1.165) is 11.3 Å². The van der Waals surface area contributed by atoms with E-state index in [1.165, 1.54) is 6.07 Å². The lowest BCUT2D eigenvalue weighted by atomic mass is 10.1. The van der Waals surface area contributed by atoms with Gasteiger partial charge >= 0.3 is 0 Å². The monoisotopic (exact) mass is 282 g/mol. The molecule has 2 aromatic carbocycles. The molecule has 106 valence electrons. The molecule has 0 saturated heterocycles. The van der Waals surface area contributed by atoms with Gasteiger partial charge in [-0.3, -0.25) is 4.79 Å². The molecule has 0 atom stereocenters. The molecule has 0 radical (unpaired) electrons. The molecular formula is C17H14O4. The summed E-state index contributed by atoms with van der Waals surface area (Å²) < 4.78 is 16.1. The van der Waals surface area contributed by atoms with Crippen LogP contribution >= 0.6 is 0 Å². The lowest BCUT2D eigenvalue weighted by molar-refractivity contribution is 0.414. The summed E-state index contributed by atoms with van der Waals surface area (Å²) in [5.41, 5.74) is 1.25. The zero-order valence-electron chi connectivity index (χ0n) is 11.8. The van der Waals surface area contributed by atoms with Crippen molar-refractivity contribution in [3.05, 3.63) is 58.8 Å². The van der Waals surface area contributed by atoms with E-state index in [0.29, 0.717) is 22.5 Å². The van der Waals surface area contributed by atoms with Crippen LogP contribution in [-0.4, -0.2) is 14.2 Å². The highest BCUT2D eigenvalue weighted by molar-refractivity contribution is 5.80. The minimum absolute atomic E-state index is 0.0790. The Hall–Kier alpha value is -2.75. The lowest BCUT2D eigenvalue weighted by Crippen LogP contribution is -2.00. The Kier molecular flexibility index (Phi) is 3.36. The highest BCUT2D eigenvalue weighted by Crippen LogP contribution is 2.26. The standard InChI is InChI=1S/C17H14O4/c1-19-12-5-3-11(4-6-12)16-10-15(18)14-8-7-13(20-2)9-17(14)21-16/h3-10H,1-2H3. The minimum atomic E-state index is -0.0790. The molecule has 0 N–H and O–H groups in total. The Morgan fingerprint density at radius 3 is 2.19 bits per heavy atom. The van der Waals surface area contributed by atoms with Crippen LogP contribution in [-0.2, 0) is 0 Å². The normalized spacial score (nSPS) is 10.6. The van der Waals surface area contributed by atoms with E-state index < -0.39 is 0 Å². The Morgan fingerprint density at radius 2 is 1.52 bits per heavy atom. The third-order valence-electron chi connectivity index (χ3n) is 3.31. The molecule has 4 nitrogen and oxygen atoms in total. The van der Waals surface area contributed by atoms with E-state index >= 15 is 0 Å². The number of ether oxygens (including phenoxy) is 2. The maximum absolute atomic E-state index is 12.2. The summed E-state index contributed by atoms with van der Waals surface area (Å²) in [5, 5.41) is 0.535. The van der Waals surface area contributed by atoms with Crippen LogP contribution in [0.4, 0.5) is 0 Å². The van der Waals surface area contributed by atoms with Crippen molar-refractivity contribution >= 4 is 11.0 Å². The van der Waals surface area contributed by atoms with E-state index in [-0.39, 0.29) is 5.43 Å². The van der Waals surface area contributed by atoms with Gasteiger partial charge in [-0.05, 0) is 36.4 Å². The minimum Gasteiger partial charge on any atom is -0.497 e. The second-order valence-corrected chi connectivity index (χ2v) is 4.57. The highest BCUT2D eigenvalue weighted by Gasteiger charge is 2.08. The van der Waals surface area contributed by atoms with Crippen molar-refractivity contribution in [2.24, 2.45) is 0 Å². The van der Waals surface area contributed by atoms with Gasteiger partial charge in [0.25, 0.3) is 0 Å². The van der Waals surface area contributed by atoms with Crippen molar-refractivity contribution in [2.75, 3.05) is 14.2 Å². The average Bonchev–Trinajstić information content (AvgIpc) is 2.54. The molecule has 0 amide bonds. The predicted octanol–water partition coefficient (Wildman–Crippen LogP) is 3.48. The van der Waals surface area contributed by atoms with Gasteiger partial charge in [0, 0.05) is 17.7 Å². The quantitative estimate of drug-likeness (QED) is 0.738. The zero-order chi connectivity index (χ0) is 14.8. The van der Waals surface area contributed by atoms with Gasteiger partial charge in [0.05, 0.1) is 19.6 Å². The van der Waals surface area contributed by atoms with Gasteiger partial charge in [-0.25, -0.2) is 0 Å². The fraction of sp³-hybridized carbons (Fsp3) is 0.118. The summed E-state index contributed by atoms with van der Waals surface area (Å²) >= 11 is 0. The van der Waals surface area contributed by atoms with Crippen molar-refractivity contribution < 1.29 is 13.9 Å². The first-order chi connectivity index (χ1) is 10.2. The first-order valence-corrected chi connectivity index (χ1v) is 6.47. The lowest BCUT2D eigenvalue weighted by Gasteiger charge is -2.06. The molecule has 21 heavy (non-hydrogen) atoms. The number of benzene rings is 2. The van der Waals surface area contributed by atoms with Crippen LogP contribution in [0.1, 0.15) is 0 Å². The Bertz CT molecular complexity index is 832. The van der Waals surface area contributed by atoms with Gasteiger partial charge in [-0.2, -0.15) is 0 Å². The van der Waals surface area contributed by atoms with Crippen LogP contribution in [0.2, 0.25) is 0 Å². The van der Waals surface area contributed by atoms with Crippen molar-refractivity contribution in [1.29, 1.82) is 0 Å². The molecule has 3 rings (SSSR count). The van der Waals surface area contributed by atoms with Crippen molar-refractivity contribution in [3.63, 3.8) is 0 Å². The molecule has 0 aliphatic heterocycles. The van der Waals surface area contributed by atoms with Crippen molar-refractivity contribution in [3.8, 4) is 22.8 Å². The van der Waals surface area contributed by atoms with Gasteiger partial charge in [0.2, 0.25) is 0 Å². The molecule has 1 heterocycles. The van der Waals surface area contributed by atoms with Gasteiger partial charge in [0.15, 0.2) is 5.43 Å².